The molecule has 1 aromatic rings. The molecule has 2 saturated heterocycles. The molecule has 3 aliphatic rings. The van der Waals surface area contributed by atoms with E-state index >= 15 is 0 Å². The van der Waals surface area contributed by atoms with Crippen LogP contribution in [0, 0.1) is 11.8 Å². The summed E-state index contributed by atoms with van der Waals surface area (Å²) in [6.07, 6.45) is 1.75. The highest BCUT2D eigenvalue weighted by Crippen LogP contribution is 2.44. The quantitative estimate of drug-likeness (QED) is 0.557. The van der Waals surface area contributed by atoms with Crippen LogP contribution in [0.5, 0.6) is 0 Å². The van der Waals surface area contributed by atoms with Gasteiger partial charge in [-0.05, 0) is 51.9 Å². The molecule has 0 bridgehead atoms. The largest absolute Gasteiger partial charge is 0.444 e. The molecule has 2 fully saturated rings. The number of piperazine rings is 1. The van der Waals surface area contributed by atoms with Crippen LogP contribution < -0.4 is 10.2 Å². The second-order valence-electron chi connectivity index (χ2n) is 12.2. The van der Waals surface area contributed by atoms with Crippen LogP contribution in [0.2, 0.25) is 0 Å². The first-order valence-electron chi connectivity index (χ1n) is 13.9. The fourth-order valence-corrected chi connectivity index (χ4v) is 5.25. The van der Waals surface area contributed by atoms with E-state index in [1.54, 1.807) is 4.90 Å². The lowest BCUT2D eigenvalue weighted by molar-refractivity contribution is -0.133. The molecule has 1 aromatic heterocycles. The number of carbonyl (C=O) groups excluding carboxylic acids is 2. The molecular weight excluding hydrogens is 494 g/mol. The molecule has 0 saturated carbocycles. The molecule has 1 aliphatic carbocycles. The maximum atomic E-state index is 14.6. The van der Waals surface area contributed by atoms with Gasteiger partial charge in [0.2, 0.25) is 11.9 Å². The van der Waals surface area contributed by atoms with Crippen LogP contribution in [0.25, 0.3) is 0 Å². The van der Waals surface area contributed by atoms with Gasteiger partial charge in [-0.3, -0.25) is 4.79 Å². The van der Waals surface area contributed by atoms with Gasteiger partial charge in [0.1, 0.15) is 17.1 Å². The maximum absolute atomic E-state index is 14.6. The van der Waals surface area contributed by atoms with E-state index in [1.807, 2.05) is 30.6 Å². The maximum Gasteiger partial charge on any atom is 0.410 e. The Hall–Kier alpha value is -2.72. The average molecular weight is 537 g/mol. The van der Waals surface area contributed by atoms with E-state index < -0.39 is 11.5 Å². The third-order valence-corrected chi connectivity index (χ3v) is 7.36. The number of hydrogen-bond acceptors (Lipinski definition) is 7. The molecular formula is C27H42F2N6O3. The average Bonchev–Trinajstić information content (AvgIpc) is 3.41. The molecule has 2 aliphatic heterocycles. The standard InChI is InChI=1S/C27H42F2N6O3/c1-18(2)7-10-30-24-31-22-20(6-9-27(22,28)29)23(32-24)35-11-8-19(17-35)16-21(36)33-12-14-34(15-13-33)25(37)38-26(3,4)5/h18-19H,6-17H2,1-5H3,(H,30,31,32)/t19-/m1/s1. The molecule has 212 valence electrons. The number of halogens is 2. The van der Waals surface area contributed by atoms with E-state index in [4.69, 9.17) is 4.74 Å². The number of nitrogens with zero attached hydrogens (tertiary/aromatic N) is 5. The molecule has 1 N–H and O–H groups in total. The SMILES string of the molecule is CC(C)CCNc1nc(N2CC[C@H](CC(=O)N3CCN(C(=O)OC(C)(C)C)CC3)C2)c2c(n1)C(F)(F)CC2. The lowest BCUT2D eigenvalue weighted by atomic mass is 10.0. The van der Waals surface area contributed by atoms with Crippen molar-refractivity contribution >= 4 is 23.8 Å². The van der Waals surface area contributed by atoms with E-state index in [2.05, 4.69) is 29.1 Å². The van der Waals surface area contributed by atoms with Gasteiger partial charge in [0.05, 0.1) is 0 Å². The van der Waals surface area contributed by atoms with Gasteiger partial charge >= 0.3 is 6.09 Å². The fourth-order valence-electron chi connectivity index (χ4n) is 5.25. The molecule has 0 aromatic carbocycles. The number of nitrogens with one attached hydrogen (secondary N) is 1. The fraction of sp³-hybridized carbons (Fsp3) is 0.778. The Morgan fingerprint density at radius 3 is 2.45 bits per heavy atom. The molecule has 0 spiro atoms. The van der Waals surface area contributed by atoms with Crippen molar-refractivity contribution in [3.8, 4) is 0 Å². The van der Waals surface area contributed by atoms with Gasteiger partial charge in [-0.15, -0.1) is 0 Å². The van der Waals surface area contributed by atoms with E-state index in [0.29, 0.717) is 69.5 Å². The predicted molar refractivity (Wildman–Crippen MR) is 142 cm³/mol. The van der Waals surface area contributed by atoms with E-state index in [-0.39, 0.29) is 42.4 Å². The van der Waals surface area contributed by atoms with Crippen LogP contribution in [-0.4, -0.2) is 83.2 Å². The highest BCUT2D eigenvalue weighted by atomic mass is 19.3. The summed E-state index contributed by atoms with van der Waals surface area (Å²) in [5, 5.41) is 3.14. The Morgan fingerprint density at radius 1 is 1.11 bits per heavy atom. The third kappa shape index (κ3) is 6.83. The van der Waals surface area contributed by atoms with Crippen LogP contribution in [0.15, 0.2) is 0 Å². The summed E-state index contributed by atoms with van der Waals surface area (Å²) >= 11 is 0. The molecule has 1 atom stereocenters. The van der Waals surface area contributed by atoms with Crippen molar-refractivity contribution in [2.75, 3.05) is 56.0 Å². The molecule has 38 heavy (non-hydrogen) atoms. The number of aromatic nitrogens is 2. The summed E-state index contributed by atoms with van der Waals surface area (Å²) in [6.45, 7) is 13.5. The third-order valence-electron chi connectivity index (χ3n) is 7.36. The zero-order valence-corrected chi connectivity index (χ0v) is 23.4. The summed E-state index contributed by atoms with van der Waals surface area (Å²) in [5.74, 6) is -1.44. The highest BCUT2D eigenvalue weighted by molar-refractivity contribution is 5.77. The summed E-state index contributed by atoms with van der Waals surface area (Å²) in [5.41, 5.74) is -0.172. The molecule has 0 radical (unpaired) electrons. The number of carbonyl (C=O) groups is 2. The molecule has 11 heteroatoms. The van der Waals surface area contributed by atoms with E-state index in [0.717, 1.165) is 12.8 Å². The zero-order valence-electron chi connectivity index (χ0n) is 23.4. The lowest BCUT2D eigenvalue weighted by Crippen LogP contribution is -2.51. The molecule has 4 rings (SSSR count). The minimum atomic E-state index is -2.95. The monoisotopic (exact) mass is 536 g/mol. The summed E-state index contributed by atoms with van der Waals surface area (Å²) in [6, 6.07) is 0. The van der Waals surface area contributed by atoms with Gasteiger partial charge in [0.15, 0.2) is 0 Å². The Morgan fingerprint density at radius 2 is 1.79 bits per heavy atom. The summed E-state index contributed by atoms with van der Waals surface area (Å²) < 4.78 is 34.7. The smallest absolute Gasteiger partial charge is 0.410 e. The van der Waals surface area contributed by atoms with E-state index in [9.17, 15) is 18.4 Å². The Kier molecular flexibility index (Phi) is 8.32. The van der Waals surface area contributed by atoms with Gasteiger partial charge in [-0.25, -0.2) is 9.78 Å². The summed E-state index contributed by atoms with van der Waals surface area (Å²) in [4.78, 5) is 39.7. The minimum Gasteiger partial charge on any atom is -0.444 e. The normalized spacial score (nSPS) is 21.2. The van der Waals surface area contributed by atoms with Crippen molar-refractivity contribution in [2.45, 2.75) is 78.2 Å². The topological polar surface area (TPSA) is 90.9 Å². The second kappa shape index (κ2) is 11.2. The second-order valence-corrected chi connectivity index (χ2v) is 12.2. The lowest BCUT2D eigenvalue weighted by Gasteiger charge is -2.36. The van der Waals surface area contributed by atoms with Crippen molar-refractivity contribution in [1.29, 1.82) is 0 Å². The molecule has 2 amide bonds. The minimum absolute atomic E-state index is 0.0659. The van der Waals surface area contributed by atoms with Crippen molar-refractivity contribution in [1.82, 2.24) is 19.8 Å². The number of rotatable bonds is 7. The molecule has 3 heterocycles. The van der Waals surface area contributed by atoms with Crippen LogP contribution in [0.3, 0.4) is 0 Å². The van der Waals surface area contributed by atoms with Gasteiger partial charge in [-0.2, -0.15) is 13.8 Å². The van der Waals surface area contributed by atoms with Crippen molar-refractivity contribution in [3.63, 3.8) is 0 Å². The van der Waals surface area contributed by atoms with E-state index in [1.165, 1.54) is 0 Å². The van der Waals surface area contributed by atoms with Crippen LogP contribution >= 0.6 is 0 Å². The van der Waals surface area contributed by atoms with Gasteiger partial charge in [0.25, 0.3) is 5.92 Å². The number of amides is 2. The Labute approximate surface area is 224 Å². The van der Waals surface area contributed by atoms with Crippen molar-refractivity contribution in [2.24, 2.45) is 11.8 Å². The summed E-state index contributed by atoms with van der Waals surface area (Å²) in [7, 11) is 0. The highest BCUT2D eigenvalue weighted by Gasteiger charge is 2.44. The van der Waals surface area contributed by atoms with Gasteiger partial charge < -0.3 is 24.8 Å². The Balaban J connectivity index is 1.35. The number of ether oxygens (including phenoxy) is 1. The first kappa shape index (κ1) is 28.3. The van der Waals surface area contributed by atoms with Crippen LogP contribution in [0.1, 0.15) is 71.6 Å². The van der Waals surface area contributed by atoms with Crippen LogP contribution in [-0.2, 0) is 21.9 Å². The number of fused-ring (bicyclic) bond motifs is 1. The molecule has 9 nitrogen and oxygen atoms in total. The number of hydrogen-bond donors (Lipinski definition) is 1. The predicted octanol–water partition coefficient (Wildman–Crippen LogP) is 4.27. The zero-order chi connectivity index (χ0) is 27.7. The van der Waals surface area contributed by atoms with Gasteiger partial charge in [0, 0.05) is 64.2 Å². The van der Waals surface area contributed by atoms with Crippen molar-refractivity contribution in [3.05, 3.63) is 11.3 Å². The number of alkyl halides is 2. The number of anilines is 2. The van der Waals surface area contributed by atoms with Crippen molar-refractivity contribution < 1.29 is 23.1 Å². The first-order chi connectivity index (χ1) is 17.8. The first-order valence-corrected chi connectivity index (χ1v) is 13.9. The van der Waals surface area contributed by atoms with Crippen LogP contribution in [0.4, 0.5) is 25.3 Å². The molecule has 0 unspecified atom stereocenters. The Bertz CT molecular complexity index is 1020. The van der Waals surface area contributed by atoms with Gasteiger partial charge in [-0.1, -0.05) is 13.8 Å².